The van der Waals surface area contributed by atoms with E-state index >= 15 is 0 Å². The van der Waals surface area contributed by atoms with Gasteiger partial charge in [0.25, 0.3) is 0 Å². The Hall–Kier alpha value is -2.87. The maximum absolute atomic E-state index is 13.3. The molecule has 0 fully saturated rings. The molecule has 3 rings (SSSR count). The molecule has 8 heteroatoms. The second-order valence-electron chi connectivity index (χ2n) is 7.14. The summed E-state index contributed by atoms with van der Waals surface area (Å²) in [6.07, 6.45) is -0.354. The Morgan fingerprint density at radius 2 is 2.07 bits per heavy atom. The number of nitrogens with zero attached hydrogens (tertiary/aromatic N) is 2. The normalized spacial score (nSPS) is 12.8. The fourth-order valence-corrected chi connectivity index (χ4v) is 3.46. The molecule has 1 aromatic carbocycles. The van der Waals surface area contributed by atoms with Crippen molar-refractivity contribution in [2.75, 3.05) is 20.3 Å². The number of benzene rings is 1. The van der Waals surface area contributed by atoms with Gasteiger partial charge < -0.3 is 14.5 Å². The lowest BCUT2D eigenvalue weighted by Gasteiger charge is -2.19. The quantitative estimate of drug-likeness (QED) is 0.553. The van der Waals surface area contributed by atoms with Crippen LogP contribution in [0.4, 0.5) is 13.2 Å². The molecule has 0 radical (unpaired) electrons. The van der Waals surface area contributed by atoms with Crippen LogP contribution in [0.15, 0.2) is 48.8 Å². The number of pyridine rings is 1. The van der Waals surface area contributed by atoms with Gasteiger partial charge in [-0.25, -0.2) is 4.98 Å². The van der Waals surface area contributed by atoms with Gasteiger partial charge >= 0.3 is 6.18 Å². The van der Waals surface area contributed by atoms with Gasteiger partial charge in [0.1, 0.15) is 5.65 Å². The Balaban J connectivity index is 1.97. The minimum absolute atomic E-state index is 0.00995. The number of ether oxygens (including phenoxy) is 1. The molecule has 0 bridgehead atoms. The van der Waals surface area contributed by atoms with E-state index in [4.69, 9.17) is 4.74 Å². The highest BCUT2D eigenvalue weighted by Crippen LogP contribution is 2.34. The van der Waals surface area contributed by atoms with Gasteiger partial charge in [-0.15, -0.1) is 0 Å². The first-order chi connectivity index (χ1) is 14.3. The Morgan fingerprint density at radius 3 is 2.80 bits per heavy atom. The largest absolute Gasteiger partial charge is 0.416 e. The van der Waals surface area contributed by atoms with E-state index in [2.05, 4.69) is 10.3 Å². The van der Waals surface area contributed by atoms with Crippen molar-refractivity contribution < 1.29 is 22.7 Å². The monoisotopic (exact) mass is 419 g/mol. The molecule has 0 aliphatic heterocycles. The maximum atomic E-state index is 13.3. The number of nitrogens with one attached hydrogen (secondary N) is 1. The van der Waals surface area contributed by atoms with E-state index in [1.54, 1.807) is 19.4 Å². The molecule has 0 saturated heterocycles. The third-order valence-corrected chi connectivity index (χ3v) is 4.97. The van der Waals surface area contributed by atoms with Crippen molar-refractivity contribution in [1.29, 1.82) is 0 Å². The van der Waals surface area contributed by atoms with E-state index in [0.717, 1.165) is 17.7 Å². The van der Waals surface area contributed by atoms with Crippen LogP contribution in [0.25, 0.3) is 5.65 Å². The van der Waals surface area contributed by atoms with Crippen LogP contribution < -0.4 is 5.32 Å². The third-order valence-electron chi connectivity index (χ3n) is 4.97. The van der Waals surface area contributed by atoms with E-state index in [-0.39, 0.29) is 12.3 Å². The number of halogens is 3. The molecule has 0 saturated carbocycles. The first-order valence-corrected chi connectivity index (χ1v) is 9.66. The number of carbonyl (C=O) groups excluding carboxylic acids is 1. The maximum Gasteiger partial charge on any atom is 0.416 e. The molecule has 1 amide bonds. The molecule has 5 nitrogen and oxygen atoms in total. The molecule has 2 heterocycles. The highest BCUT2D eigenvalue weighted by atomic mass is 19.4. The zero-order chi connectivity index (χ0) is 21.7. The average Bonchev–Trinajstić information content (AvgIpc) is 3.14. The molecule has 1 unspecified atom stereocenters. The smallest absolute Gasteiger partial charge is 0.385 e. The molecule has 30 heavy (non-hydrogen) atoms. The van der Waals surface area contributed by atoms with Crippen LogP contribution in [0.2, 0.25) is 0 Å². The van der Waals surface area contributed by atoms with Crippen LogP contribution in [-0.4, -0.2) is 35.6 Å². The number of rotatable bonds is 8. The van der Waals surface area contributed by atoms with Crippen molar-refractivity contribution in [2.45, 2.75) is 31.9 Å². The fraction of sp³-hybridized carbons (Fsp3) is 0.364. The summed E-state index contributed by atoms with van der Waals surface area (Å²) in [4.78, 5) is 17.0. The SMILES string of the molecule is COCCCNC(=O)CC(c1cccc(C(F)(F)F)c1)c1cnc2c(C)cccn12. The summed E-state index contributed by atoms with van der Waals surface area (Å²) < 4.78 is 46.6. The lowest BCUT2D eigenvalue weighted by atomic mass is 9.91. The summed E-state index contributed by atoms with van der Waals surface area (Å²) in [7, 11) is 1.58. The molecule has 0 spiro atoms. The van der Waals surface area contributed by atoms with E-state index in [0.29, 0.717) is 36.5 Å². The molecule has 0 aliphatic carbocycles. The fourth-order valence-electron chi connectivity index (χ4n) is 3.46. The third kappa shape index (κ3) is 4.99. The van der Waals surface area contributed by atoms with Gasteiger partial charge in [-0.3, -0.25) is 4.79 Å². The molecule has 1 N–H and O–H groups in total. The summed E-state index contributed by atoms with van der Waals surface area (Å²) in [5, 5.41) is 2.81. The molecule has 2 aromatic heterocycles. The van der Waals surface area contributed by atoms with Gasteiger partial charge in [0.15, 0.2) is 0 Å². The molecule has 1 atom stereocenters. The van der Waals surface area contributed by atoms with E-state index < -0.39 is 17.7 Å². The van der Waals surface area contributed by atoms with Crippen molar-refractivity contribution in [3.8, 4) is 0 Å². The van der Waals surface area contributed by atoms with Crippen molar-refractivity contribution >= 4 is 11.6 Å². The summed E-state index contributed by atoms with van der Waals surface area (Å²) in [6.45, 7) is 2.87. The average molecular weight is 419 g/mol. The van der Waals surface area contributed by atoms with Gasteiger partial charge in [-0.05, 0) is 36.6 Å². The molecule has 160 valence electrons. The molecule has 0 aliphatic rings. The second-order valence-corrected chi connectivity index (χ2v) is 7.14. The van der Waals surface area contributed by atoms with Crippen molar-refractivity contribution in [1.82, 2.24) is 14.7 Å². The lowest BCUT2D eigenvalue weighted by Crippen LogP contribution is -2.27. The van der Waals surface area contributed by atoms with Gasteiger partial charge in [-0.2, -0.15) is 13.2 Å². The van der Waals surface area contributed by atoms with Crippen LogP contribution >= 0.6 is 0 Å². The number of alkyl halides is 3. The van der Waals surface area contributed by atoms with Crippen molar-refractivity contribution in [3.05, 3.63) is 71.2 Å². The number of methoxy groups -OCH3 is 1. The summed E-state index contributed by atoms with van der Waals surface area (Å²) in [5.41, 5.74) is 2.00. The number of aromatic nitrogens is 2. The minimum atomic E-state index is -4.46. The van der Waals surface area contributed by atoms with E-state index in [9.17, 15) is 18.0 Å². The van der Waals surface area contributed by atoms with E-state index in [1.807, 2.05) is 29.7 Å². The zero-order valence-electron chi connectivity index (χ0n) is 16.9. The van der Waals surface area contributed by atoms with Crippen LogP contribution in [0.1, 0.15) is 41.1 Å². The summed E-state index contributed by atoms with van der Waals surface area (Å²) in [6, 6.07) is 8.89. The van der Waals surface area contributed by atoms with Crippen LogP contribution in [0.5, 0.6) is 0 Å². The van der Waals surface area contributed by atoms with Gasteiger partial charge in [0.2, 0.25) is 5.91 Å². The predicted octanol–water partition coefficient (Wildman–Crippen LogP) is 4.34. The van der Waals surface area contributed by atoms with Crippen LogP contribution in [0.3, 0.4) is 0 Å². The number of carbonyl (C=O) groups is 1. The predicted molar refractivity (Wildman–Crippen MR) is 107 cm³/mol. The number of hydrogen-bond acceptors (Lipinski definition) is 3. The molecular formula is C22H24F3N3O2. The Bertz CT molecular complexity index is 1010. The number of imidazole rings is 1. The topological polar surface area (TPSA) is 55.6 Å². The first-order valence-electron chi connectivity index (χ1n) is 9.66. The molecule has 3 aromatic rings. The summed E-state index contributed by atoms with van der Waals surface area (Å²) >= 11 is 0. The van der Waals surface area contributed by atoms with Gasteiger partial charge in [-0.1, -0.05) is 24.3 Å². The Morgan fingerprint density at radius 1 is 1.27 bits per heavy atom. The lowest BCUT2D eigenvalue weighted by molar-refractivity contribution is -0.137. The summed E-state index contributed by atoms with van der Waals surface area (Å²) in [5.74, 6) is -0.817. The van der Waals surface area contributed by atoms with Gasteiger partial charge in [0, 0.05) is 45.0 Å². The number of aryl methyl sites for hydroxylation is 1. The van der Waals surface area contributed by atoms with Crippen LogP contribution in [-0.2, 0) is 15.7 Å². The number of fused-ring (bicyclic) bond motifs is 1. The van der Waals surface area contributed by atoms with Crippen molar-refractivity contribution in [2.24, 2.45) is 0 Å². The zero-order valence-corrected chi connectivity index (χ0v) is 16.9. The first kappa shape index (κ1) is 21.8. The minimum Gasteiger partial charge on any atom is -0.385 e. The Kier molecular flexibility index (Phi) is 6.77. The van der Waals surface area contributed by atoms with Crippen molar-refractivity contribution in [3.63, 3.8) is 0 Å². The highest BCUT2D eigenvalue weighted by Gasteiger charge is 2.32. The molecular weight excluding hydrogens is 395 g/mol. The Labute approximate surface area is 172 Å². The van der Waals surface area contributed by atoms with E-state index in [1.165, 1.54) is 6.07 Å². The van der Waals surface area contributed by atoms with Crippen LogP contribution in [0, 0.1) is 6.92 Å². The van der Waals surface area contributed by atoms with Gasteiger partial charge in [0.05, 0.1) is 11.3 Å². The number of amides is 1. The number of hydrogen-bond donors (Lipinski definition) is 1. The standard InChI is InChI=1S/C22H24F3N3O2/c1-15-6-4-10-28-19(14-27-21(15)28)18(13-20(29)26-9-5-11-30-2)16-7-3-8-17(12-16)22(23,24)25/h3-4,6-8,10,12,14,18H,5,9,11,13H2,1-2H3,(H,26,29). The highest BCUT2D eigenvalue weighted by molar-refractivity contribution is 5.77. The second kappa shape index (κ2) is 9.30.